The molecule has 0 saturated heterocycles. The van der Waals surface area contributed by atoms with Crippen molar-refractivity contribution in [1.29, 1.82) is 0 Å². The second-order valence-corrected chi connectivity index (χ2v) is 1.87. The molecule has 0 radical (unpaired) electrons. The van der Waals surface area contributed by atoms with Crippen LogP contribution in [0.15, 0.2) is 11.0 Å². The first-order valence-corrected chi connectivity index (χ1v) is 2.60. The monoisotopic (exact) mass is 143 g/mol. The molecule has 0 saturated carbocycles. The summed E-state index contributed by atoms with van der Waals surface area (Å²) in [6.07, 6.45) is 0.991. The number of anilines is 1. The van der Waals surface area contributed by atoms with Crippen molar-refractivity contribution < 1.29 is 4.39 Å². The van der Waals surface area contributed by atoms with Crippen LogP contribution in [0.3, 0.4) is 0 Å². The number of rotatable bonds is 0. The average molecular weight is 143 g/mol. The maximum absolute atomic E-state index is 12.4. The van der Waals surface area contributed by atoms with Gasteiger partial charge in [-0.1, -0.05) is 0 Å². The summed E-state index contributed by atoms with van der Waals surface area (Å²) in [6.45, 7) is 0. The van der Waals surface area contributed by atoms with Crippen LogP contribution < -0.4 is 11.4 Å². The quantitative estimate of drug-likeness (QED) is 0.532. The van der Waals surface area contributed by atoms with Crippen LogP contribution in [0.1, 0.15) is 0 Å². The third-order valence-electron chi connectivity index (χ3n) is 1.07. The first kappa shape index (κ1) is 6.73. The van der Waals surface area contributed by atoms with Crippen LogP contribution in [0.4, 0.5) is 10.2 Å². The van der Waals surface area contributed by atoms with E-state index in [-0.39, 0.29) is 5.82 Å². The number of aryl methyl sites for hydroxylation is 1. The highest BCUT2D eigenvalue weighted by molar-refractivity contribution is 5.26. The normalized spacial score (nSPS) is 9.80. The second kappa shape index (κ2) is 2.09. The van der Waals surface area contributed by atoms with Gasteiger partial charge in [-0.3, -0.25) is 4.57 Å². The number of hydrogen-bond acceptors (Lipinski definition) is 3. The minimum absolute atomic E-state index is 0.358. The third kappa shape index (κ3) is 0.975. The Bertz CT molecular complexity index is 306. The Morgan fingerprint density at radius 1 is 1.80 bits per heavy atom. The SMILES string of the molecule is Cn1cc(F)c(N)nc1=O. The van der Waals surface area contributed by atoms with Gasteiger partial charge in [-0.05, 0) is 0 Å². The van der Waals surface area contributed by atoms with Gasteiger partial charge < -0.3 is 5.73 Å². The summed E-state index contributed by atoms with van der Waals surface area (Å²) in [7, 11) is 1.40. The second-order valence-electron chi connectivity index (χ2n) is 1.87. The Hall–Kier alpha value is -1.39. The number of aromatic nitrogens is 2. The summed E-state index contributed by atoms with van der Waals surface area (Å²) in [5, 5.41) is 0. The van der Waals surface area contributed by atoms with Crippen molar-refractivity contribution in [2.75, 3.05) is 5.73 Å². The zero-order chi connectivity index (χ0) is 7.72. The fourth-order valence-electron chi connectivity index (χ4n) is 0.527. The molecule has 0 amide bonds. The van der Waals surface area contributed by atoms with E-state index in [9.17, 15) is 9.18 Å². The van der Waals surface area contributed by atoms with Gasteiger partial charge in [0.25, 0.3) is 0 Å². The maximum atomic E-state index is 12.4. The van der Waals surface area contributed by atoms with Gasteiger partial charge in [-0.25, -0.2) is 9.18 Å². The van der Waals surface area contributed by atoms with Crippen LogP contribution in [0.2, 0.25) is 0 Å². The molecule has 0 aliphatic heterocycles. The van der Waals surface area contributed by atoms with Crippen molar-refractivity contribution in [3.63, 3.8) is 0 Å². The Kier molecular flexibility index (Phi) is 1.41. The summed E-state index contributed by atoms with van der Waals surface area (Å²) >= 11 is 0. The Morgan fingerprint density at radius 3 is 2.90 bits per heavy atom. The molecule has 1 rings (SSSR count). The van der Waals surface area contributed by atoms with Gasteiger partial charge >= 0.3 is 5.69 Å². The average Bonchev–Trinajstić information content (AvgIpc) is 1.84. The first-order chi connectivity index (χ1) is 4.61. The topological polar surface area (TPSA) is 60.9 Å². The molecule has 0 aromatic carbocycles. The van der Waals surface area contributed by atoms with Crippen LogP contribution in [0.25, 0.3) is 0 Å². The lowest BCUT2D eigenvalue weighted by atomic mass is 10.5. The van der Waals surface area contributed by atoms with Crippen molar-refractivity contribution in [2.24, 2.45) is 7.05 Å². The predicted molar refractivity (Wildman–Crippen MR) is 33.8 cm³/mol. The van der Waals surface area contributed by atoms with Gasteiger partial charge in [0, 0.05) is 13.2 Å². The number of nitrogen functional groups attached to an aromatic ring is 1. The van der Waals surface area contributed by atoms with Crippen molar-refractivity contribution in [2.45, 2.75) is 0 Å². The Labute approximate surface area is 56.1 Å². The molecule has 0 aliphatic rings. The third-order valence-corrected chi connectivity index (χ3v) is 1.07. The summed E-state index contributed by atoms with van der Waals surface area (Å²) in [6, 6.07) is 0. The lowest BCUT2D eigenvalue weighted by Crippen LogP contribution is -2.21. The number of nitrogens with two attached hydrogens (primary N) is 1. The highest BCUT2D eigenvalue weighted by Crippen LogP contribution is 1.98. The summed E-state index contributed by atoms with van der Waals surface area (Å²) in [5.74, 6) is -1.04. The van der Waals surface area contributed by atoms with Gasteiger partial charge in [0.2, 0.25) is 0 Å². The van der Waals surface area contributed by atoms with Crippen molar-refractivity contribution in [3.8, 4) is 0 Å². The molecule has 1 aromatic rings. The molecule has 0 bridgehead atoms. The highest BCUT2D eigenvalue weighted by atomic mass is 19.1. The molecule has 5 heteroatoms. The molecule has 2 N–H and O–H groups in total. The van der Waals surface area contributed by atoms with E-state index in [1.165, 1.54) is 7.05 Å². The molecule has 10 heavy (non-hydrogen) atoms. The summed E-state index contributed by atoms with van der Waals surface area (Å²) in [5.41, 5.74) is 4.43. The van der Waals surface area contributed by atoms with E-state index >= 15 is 0 Å². The lowest BCUT2D eigenvalue weighted by molar-refractivity contribution is 0.597. The minimum Gasteiger partial charge on any atom is -0.381 e. The zero-order valence-electron chi connectivity index (χ0n) is 5.34. The fraction of sp³-hybridized carbons (Fsp3) is 0.200. The lowest BCUT2D eigenvalue weighted by Gasteiger charge is -1.96. The molecule has 54 valence electrons. The number of halogens is 1. The van der Waals surface area contributed by atoms with Crippen molar-refractivity contribution in [1.82, 2.24) is 9.55 Å². The standard InChI is InChI=1S/C5H6FN3O/c1-9-2-3(6)4(7)8-5(9)10/h2H,1H3,(H2,7,8,10). The van der Waals surface area contributed by atoms with Crippen LogP contribution in [0, 0.1) is 5.82 Å². The van der Waals surface area contributed by atoms with E-state index < -0.39 is 11.5 Å². The summed E-state index contributed by atoms with van der Waals surface area (Å²) < 4.78 is 13.4. The van der Waals surface area contributed by atoms with E-state index in [2.05, 4.69) is 4.98 Å². The van der Waals surface area contributed by atoms with Crippen LogP contribution in [-0.4, -0.2) is 9.55 Å². The van der Waals surface area contributed by atoms with E-state index in [0.29, 0.717) is 0 Å². The molecule has 0 unspecified atom stereocenters. The zero-order valence-corrected chi connectivity index (χ0v) is 5.34. The molecule has 0 spiro atoms. The predicted octanol–water partition coefficient (Wildman–Crippen LogP) is -0.498. The van der Waals surface area contributed by atoms with Gasteiger partial charge in [0.1, 0.15) is 0 Å². The summed E-state index contributed by atoms with van der Waals surface area (Å²) in [4.78, 5) is 13.8. The number of nitrogens with zero attached hydrogens (tertiary/aromatic N) is 2. The van der Waals surface area contributed by atoms with E-state index in [1.807, 2.05) is 0 Å². The Balaban J connectivity index is 3.43. The Morgan fingerprint density at radius 2 is 2.40 bits per heavy atom. The van der Waals surface area contributed by atoms with Crippen LogP contribution >= 0.6 is 0 Å². The minimum atomic E-state index is -0.679. The largest absolute Gasteiger partial charge is 0.381 e. The van der Waals surface area contributed by atoms with Crippen molar-refractivity contribution in [3.05, 3.63) is 22.5 Å². The van der Waals surface area contributed by atoms with Gasteiger partial charge in [0.05, 0.1) is 0 Å². The van der Waals surface area contributed by atoms with Gasteiger partial charge in [0.15, 0.2) is 11.6 Å². The molecule has 4 nitrogen and oxygen atoms in total. The van der Waals surface area contributed by atoms with Crippen molar-refractivity contribution >= 4 is 5.82 Å². The van der Waals surface area contributed by atoms with Gasteiger partial charge in [-0.15, -0.1) is 0 Å². The molecular formula is C5H6FN3O. The van der Waals surface area contributed by atoms with Crippen LogP contribution in [-0.2, 0) is 7.05 Å². The molecule has 0 fully saturated rings. The number of hydrogen-bond donors (Lipinski definition) is 1. The molecular weight excluding hydrogens is 137 g/mol. The molecule has 1 aromatic heterocycles. The van der Waals surface area contributed by atoms with Gasteiger partial charge in [-0.2, -0.15) is 4.98 Å². The molecule has 0 aliphatic carbocycles. The van der Waals surface area contributed by atoms with E-state index in [0.717, 1.165) is 10.8 Å². The van der Waals surface area contributed by atoms with Crippen LogP contribution in [0.5, 0.6) is 0 Å². The molecule has 1 heterocycles. The van der Waals surface area contributed by atoms with E-state index in [4.69, 9.17) is 5.73 Å². The van der Waals surface area contributed by atoms with E-state index in [1.54, 1.807) is 0 Å². The maximum Gasteiger partial charge on any atom is 0.349 e. The highest BCUT2D eigenvalue weighted by Gasteiger charge is 2.00. The fourth-order valence-corrected chi connectivity index (χ4v) is 0.527. The first-order valence-electron chi connectivity index (χ1n) is 2.60. The smallest absolute Gasteiger partial charge is 0.349 e. The molecule has 0 atom stereocenters.